The minimum absolute atomic E-state index is 0.137. The SMILES string of the molecule is CSCCC(C)N(C)c1ccc(C)cc1C(=N)N. The molecule has 0 spiro atoms. The summed E-state index contributed by atoms with van der Waals surface area (Å²) >= 11 is 1.86. The highest BCUT2D eigenvalue weighted by atomic mass is 32.2. The Morgan fingerprint density at radius 3 is 2.72 bits per heavy atom. The smallest absolute Gasteiger partial charge is 0.124 e. The molecule has 1 rings (SSSR count). The van der Waals surface area contributed by atoms with Crippen molar-refractivity contribution >= 4 is 23.3 Å². The Kier molecular flexibility index (Phi) is 5.54. The van der Waals surface area contributed by atoms with Gasteiger partial charge in [0.2, 0.25) is 0 Å². The van der Waals surface area contributed by atoms with E-state index in [9.17, 15) is 0 Å². The molecule has 0 saturated heterocycles. The lowest BCUT2D eigenvalue weighted by Gasteiger charge is -2.29. The van der Waals surface area contributed by atoms with Gasteiger partial charge >= 0.3 is 0 Å². The summed E-state index contributed by atoms with van der Waals surface area (Å²) in [7, 11) is 2.07. The van der Waals surface area contributed by atoms with Crippen LogP contribution in [0.15, 0.2) is 18.2 Å². The van der Waals surface area contributed by atoms with Crippen LogP contribution in [-0.2, 0) is 0 Å². The second-order valence-electron chi connectivity index (χ2n) is 4.68. The van der Waals surface area contributed by atoms with Gasteiger partial charge in [0.05, 0.1) is 0 Å². The number of aryl methyl sites for hydroxylation is 1. The van der Waals surface area contributed by atoms with Crippen molar-refractivity contribution in [2.75, 3.05) is 24.0 Å². The first-order chi connectivity index (χ1) is 8.47. The van der Waals surface area contributed by atoms with E-state index in [1.807, 2.05) is 24.8 Å². The van der Waals surface area contributed by atoms with Crippen LogP contribution in [0, 0.1) is 12.3 Å². The first-order valence-corrected chi connectivity index (χ1v) is 7.53. The first kappa shape index (κ1) is 14.9. The van der Waals surface area contributed by atoms with Crippen molar-refractivity contribution < 1.29 is 0 Å². The molecule has 1 atom stereocenters. The third kappa shape index (κ3) is 3.67. The largest absolute Gasteiger partial charge is 0.384 e. The molecule has 3 N–H and O–H groups in total. The number of amidine groups is 1. The Hall–Kier alpha value is -1.16. The van der Waals surface area contributed by atoms with Crippen LogP contribution < -0.4 is 10.6 Å². The highest BCUT2D eigenvalue weighted by molar-refractivity contribution is 7.98. The van der Waals surface area contributed by atoms with Gasteiger partial charge in [0, 0.05) is 24.3 Å². The quantitative estimate of drug-likeness (QED) is 0.614. The van der Waals surface area contributed by atoms with E-state index in [0.717, 1.165) is 29.0 Å². The topological polar surface area (TPSA) is 53.1 Å². The Balaban J connectivity index is 2.97. The number of hydrogen-bond donors (Lipinski definition) is 2. The maximum atomic E-state index is 7.69. The maximum Gasteiger partial charge on any atom is 0.124 e. The van der Waals surface area contributed by atoms with Gasteiger partial charge in [-0.05, 0) is 44.4 Å². The van der Waals surface area contributed by atoms with Crippen LogP contribution in [0.4, 0.5) is 5.69 Å². The molecule has 0 heterocycles. The van der Waals surface area contributed by atoms with Crippen LogP contribution in [0.3, 0.4) is 0 Å². The van der Waals surface area contributed by atoms with E-state index >= 15 is 0 Å². The Morgan fingerprint density at radius 1 is 1.50 bits per heavy atom. The van der Waals surface area contributed by atoms with E-state index in [2.05, 4.69) is 37.3 Å². The van der Waals surface area contributed by atoms with E-state index < -0.39 is 0 Å². The highest BCUT2D eigenvalue weighted by Gasteiger charge is 2.14. The van der Waals surface area contributed by atoms with Gasteiger partial charge in [-0.3, -0.25) is 5.41 Å². The summed E-state index contributed by atoms with van der Waals surface area (Å²) in [6.45, 7) is 4.23. The number of hydrogen-bond acceptors (Lipinski definition) is 3. The number of nitrogens with two attached hydrogens (primary N) is 1. The Morgan fingerprint density at radius 2 is 2.17 bits per heavy atom. The molecule has 0 amide bonds. The van der Waals surface area contributed by atoms with Gasteiger partial charge < -0.3 is 10.6 Å². The molecular weight excluding hydrogens is 242 g/mol. The van der Waals surface area contributed by atoms with Gasteiger partial charge in [0.1, 0.15) is 5.84 Å². The van der Waals surface area contributed by atoms with Crippen molar-refractivity contribution in [2.24, 2.45) is 5.73 Å². The lowest BCUT2D eigenvalue weighted by molar-refractivity contribution is 0.669. The lowest BCUT2D eigenvalue weighted by atomic mass is 10.1. The second kappa shape index (κ2) is 6.69. The molecule has 0 aliphatic rings. The highest BCUT2D eigenvalue weighted by Crippen LogP contribution is 2.23. The first-order valence-electron chi connectivity index (χ1n) is 6.14. The number of nitrogens with zero attached hydrogens (tertiary/aromatic N) is 1. The van der Waals surface area contributed by atoms with Crippen molar-refractivity contribution in [1.29, 1.82) is 5.41 Å². The summed E-state index contributed by atoms with van der Waals surface area (Å²) in [6, 6.07) is 6.55. The average molecular weight is 265 g/mol. The van der Waals surface area contributed by atoms with Crippen molar-refractivity contribution in [2.45, 2.75) is 26.3 Å². The zero-order valence-electron chi connectivity index (χ0n) is 11.7. The zero-order valence-corrected chi connectivity index (χ0v) is 12.5. The van der Waals surface area contributed by atoms with E-state index in [4.69, 9.17) is 11.1 Å². The molecule has 0 aliphatic heterocycles. The number of thioether (sulfide) groups is 1. The molecule has 100 valence electrons. The van der Waals surface area contributed by atoms with Crippen LogP contribution in [-0.4, -0.2) is 30.9 Å². The molecule has 0 bridgehead atoms. The summed E-state index contributed by atoms with van der Waals surface area (Å²) < 4.78 is 0. The number of rotatable bonds is 6. The van der Waals surface area contributed by atoms with Crippen molar-refractivity contribution in [3.05, 3.63) is 29.3 Å². The molecule has 3 nitrogen and oxygen atoms in total. The van der Waals surface area contributed by atoms with Gasteiger partial charge in [-0.2, -0.15) is 11.8 Å². The molecule has 0 aromatic heterocycles. The Bertz CT molecular complexity index is 418. The fourth-order valence-corrected chi connectivity index (χ4v) is 2.47. The summed E-state index contributed by atoms with van der Waals surface area (Å²) in [5.41, 5.74) is 8.68. The summed E-state index contributed by atoms with van der Waals surface area (Å²) in [4.78, 5) is 2.21. The van der Waals surface area contributed by atoms with E-state index in [-0.39, 0.29) is 5.84 Å². The number of anilines is 1. The van der Waals surface area contributed by atoms with Crippen molar-refractivity contribution in [3.8, 4) is 0 Å². The maximum absolute atomic E-state index is 7.69. The van der Waals surface area contributed by atoms with Gasteiger partial charge in [-0.15, -0.1) is 0 Å². The third-order valence-corrected chi connectivity index (χ3v) is 3.87. The number of nitrogen functional groups attached to an aromatic ring is 1. The second-order valence-corrected chi connectivity index (χ2v) is 5.66. The Labute approximate surface area is 114 Å². The molecule has 1 aromatic carbocycles. The fourth-order valence-electron chi connectivity index (χ4n) is 1.89. The molecular formula is C14H23N3S. The van der Waals surface area contributed by atoms with Crippen LogP contribution in [0.5, 0.6) is 0 Å². The number of nitrogens with one attached hydrogen (secondary N) is 1. The summed E-state index contributed by atoms with van der Waals surface area (Å²) in [5, 5.41) is 7.69. The predicted molar refractivity (Wildman–Crippen MR) is 83.1 cm³/mol. The molecule has 1 aromatic rings. The van der Waals surface area contributed by atoms with Crippen LogP contribution in [0.1, 0.15) is 24.5 Å². The molecule has 0 radical (unpaired) electrons. The van der Waals surface area contributed by atoms with Gasteiger partial charge in [0.25, 0.3) is 0 Å². The molecule has 0 aliphatic carbocycles. The number of benzene rings is 1. The van der Waals surface area contributed by atoms with Gasteiger partial charge in [0.15, 0.2) is 0 Å². The fraction of sp³-hybridized carbons (Fsp3) is 0.500. The molecule has 18 heavy (non-hydrogen) atoms. The normalized spacial score (nSPS) is 12.2. The van der Waals surface area contributed by atoms with Crippen LogP contribution >= 0.6 is 11.8 Å². The molecule has 0 fully saturated rings. The van der Waals surface area contributed by atoms with Gasteiger partial charge in [-0.25, -0.2) is 0 Å². The van der Waals surface area contributed by atoms with E-state index in [1.54, 1.807) is 0 Å². The van der Waals surface area contributed by atoms with Crippen molar-refractivity contribution in [3.63, 3.8) is 0 Å². The third-order valence-electron chi connectivity index (χ3n) is 3.22. The van der Waals surface area contributed by atoms with Crippen LogP contribution in [0.25, 0.3) is 0 Å². The standard InChI is InChI=1S/C14H23N3S/c1-10-5-6-13(12(9-10)14(15)16)17(3)11(2)7-8-18-4/h5-6,9,11H,7-8H2,1-4H3,(H3,15,16). The monoisotopic (exact) mass is 265 g/mol. The molecule has 4 heteroatoms. The van der Waals surface area contributed by atoms with E-state index in [0.29, 0.717) is 6.04 Å². The van der Waals surface area contributed by atoms with Crippen molar-refractivity contribution in [1.82, 2.24) is 0 Å². The van der Waals surface area contributed by atoms with E-state index in [1.165, 1.54) is 0 Å². The van der Waals surface area contributed by atoms with Gasteiger partial charge in [-0.1, -0.05) is 11.6 Å². The minimum atomic E-state index is 0.137. The van der Waals surface area contributed by atoms with Crippen LogP contribution in [0.2, 0.25) is 0 Å². The molecule has 0 saturated carbocycles. The predicted octanol–water partition coefficient (Wildman–Crippen LogP) is 2.86. The molecule has 1 unspecified atom stereocenters. The summed E-state index contributed by atoms with van der Waals surface area (Å²) in [5.74, 6) is 1.28. The minimum Gasteiger partial charge on any atom is -0.384 e. The lowest BCUT2D eigenvalue weighted by Crippen LogP contribution is -2.31. The summed E-state index contributed by atoms with van der Waals surface area (Å²) in [6.07, 6.45) is 3.25. The zero-order chi connectivity index (χ0) is 13.7. The average Bonchev–Trinajstić information content (AvgIpc) is 2.34.